The van der Waals surface area contributed by atoms with E-state index in [9.17, 15) is 14.7 Å². The Kier molecular flexibility index (Phi) is 7.15. The molecule has 2 aromatic rings. The van der Waals surface area contributed by atoms with E-state index in [1.165, 1.54) is 0 Å². The summed E-state index contributed by atoms with van der Waals surface area (Å²) in [4.78, 5) is 22.4. The van der Waals surface area contributed by atoms with Gasteiger partial charge in [-0.05, 0) is 21.8 Å². The highest BCUT2D eigenvalue weighted by atomic mass is 28.4. The Morgan fingerprint density at radius 1 is 0.929 bits per heavy atom. The molecule has 150 valence electrons. The predicted molar refractivity (Wildman–Crippen MR) is 112 cm³/mol. The minimum atomic E-state index is -2.73. The summed E-state index contributed by atoms with van der Waals surface area (Å²) in [7, 11) is -2.73. The maximum atomic E-state index is 11.4. The molecule has 0 saturated heterocycles. The number of hydrogen-bond donors (Lipinski definition) is 2. The fraction of sp³-hybridized carbons (Fsp3) is 0.364. The zero-order valence-electron chi connectivity index (χ0n) is 16.6. The predicted octanol–water partition coefficient (Wildman–Crippen LogP) is 3.13. The Morgan fingerprint density at radius 3 is 1.75 bits per heavy atom. The normalized spacial score (nSPS) is 13.1. The molecule has 0 bridgehead atoms. The minimum absolute atomic E-state index is 0.159. The van der Waals surface area contributed by atoms with Gasteiger partial charge in [0, 0.05) is 6.61 Å². The van der Waals surface area contributed by atoms with E-state index >= 15 is 0 Å². The van der Waals surface area contributed by atoms with Gasteiger partial charge in [-0.3, -0.25) is 9.59 Å². The molecule has 0 radical (unpaired) electrons. The standard InChI is InChI=1S/C22H28O5Si/c1-22(2,3)28(18-10-6-4-7-11-18,19-12-8-5-9-13-19)27-15-14-17(21(25)26)16-20(23)24/h4-13,17H,14-16H2,1-3H3,(H,23,24)(H,25,26). The van der Waals surface area contributed by atoms with Crippen molar-refractivity contribution in [1.29, 1.82) is 0 Å². The van der Waals surface area contributed by atoms with Crippen LogP contribution in [0.5, 0.6) is 0 Å². The molecule has 0 aromatic heterocycles. The van der Waals surface area contributed by atoms with Crippen LogP contribution in [0.25, 0.3) is 0 Å². The lowest BCUT2D eigenvalue weighted by Gasteiger charge is -2.43. The van der Waals surface area contributed by atoms with E-state index in [0.29, 0.717) is 0 Å². The van der Waals surface area contributed by atoms with Crippen LogP contribution in [0.15, 0.2) is 60.7 Å². The number of rotatable bonds is 9. The van der Waals surface area contributed by atoms with Gasteiger partial charge in [-0.15, -0.1) is 0 Å². The summed E-state index contributed by atoms with van der Waals surface area (Å²) in [5.74, 6) is -3.18. The first-order valence-corrected chi connectivity index (χ1v) is 11.3. The molecule has 28 heavy (non-hydrogen) atoms. The van der Waals surface area contributed by atoms with E-state index in [1.807, 2.05) is 36.4 Å². The zero-order valence-corrected chi connectivity index (χ0v) is 17.6. The largest absolute Gasteiger partial charge is 0.481 e. The molecule has 0 spiro atoms. The summed E-state index contributed by atoms with van der Waals surface area (Å²) >= 11 is 0. The van der Waals surface area contributed by atoms with Crippen LogP contribution in [0.1, 0.15) is 33.6 Å². The van der Waals surface area contributed by atoms with Gasteiger partial charge in [-0.1, -0.05) is 81.4 Å². The van der Waals surface area contributed by atoms with Gasteiger partial charge in [0.05, 0.1) is 12.3 Å². The SMILES string of the molecule is CC(C)(C)[Si](OCCC(CC(=O)O)C(=O)O)(c1ccccc1)c1ccccc1. The fourth-order valence-corrected chi connectivity index (χ4v) is 8.22. The third-order valence-corrected chi connectivity index (χ3v) is 10.0. The molecular weight excluding hydrogens is 372 g/mol. The van der Waals surface area contributed by atoms with Gasteiger partial charge < -0.3 is 14.6 Å². The average Bonchev–Trinajstić information content (AvgIpc) is 2.64. The molecule has 0 saturated carbocycles. The number of hydrogen-bond acceptors (Lipinski definition) is 3. The molecule has 6 heteroatoms. The summed E-state index contributed by atoms with van der Waals surface area (Å²) < 4.78 is 6.61. The van der Waals surface area contributed by atoms with Gasteiger partial charge in [0.15, 0.2) is 0 Å². The van der Waals surface area contributed by atoms with Gasteiger partial charge in [0.2, 0.25) is 0 Å². The van der Waals surface area contributed by atoms with E-state index < -0.39 is 32.6 Å². The van der Waals surface area contributed by atoms with E-state index in [2.05, 4.69) is 45.0 Å². The third kappa shape index (κ3) is 4.88. The fourth-order valence-electron chi connectivity index (χ4n) is 3.64. The Morgan fingerprint density at radius 2 is 1.39 bits per heavy atom. The molecule has 1 unspecified atom stereocenters. The number of carbonyl (C=O) groups is 2. The third-order valence-electron chi connectivity index (χ3n) is 4.97. The van der Waals surface area contributed by atoms with Gasteiger partial charge in [-0.2, -0.15) is 0 Å². The molecule has 0 aliphatic rings. The van der Waals surface area contributed by atoms with Crippen LogP contribution in [0, 0.1) is 5.92 Å². The molecule has 0 aliphatic carbocycles. The van der Waals surface area contributed by atoms with Crippen molar-refractivity contribution in [1.82, 2.24) is 0 Å². The van der Waals surface area contributed by atoms with Gasteiger partial charge >= 0.3 is 11.9 Å². The lowest BCUT2D eigenvalue weighted by molar-refractivity contribution is -0.148. The smallest absolute Gasteiger partial charge is 0.307 e. The second-order valence-corrected chi connectivity index (χ2v) is 12.2. The van der Waals surface area contributed by atoms with Crippen molar-refractivity contribution < 1.29 is 24.2 Å². The summed E-state index contributed by atoms with van der Waals surface area (Å²) in [6.45, 7) is 6.62. The Balaban J connectivity index is 2.41. The molecule has 0 heterocycles. The minimum Gasteiger partial charge on any atom is -0.481 e. The summed E-state index contributed by atoms with van der Waals surface area (Å²) in [5, 5.41) is 20.3. The van der Waals surface area contributed by atoms with Crippen LogP contribution in [-0.2, 0) is 14.0 Å². The van der Waals surface area contributed by atoms with Crippen molar-refractivity contribution in [3.63, 3.8) is 0 Å². The molecule has 5 nitrogen and oxygen atoms in total. The lowest BCUT2D eigenvalue weighted by Crippen LogP contribution is -2.66. The Labute approximate surface area is 167 Å². The molecular formula is C22H28O5Si. The highest BCUT2D eigenvalue weighted by molar-refractivity contribution is 6.99. The van der Waals surface area contributed by atoms with E-state index in [0.717, 1.165) is 10.4 Å². The molecule has 0 fully saturated rings. The number of carboxylic acids is 2. The molecule has 2 rings (SSSR count). The van der Waals surface area contributed by atoms with Crippen LogP contribution in [0.3, 0.4) is 0 Å². The Hall–Kier alpha value is -2.44. The molecule has 2 N–H and O–H groups in total. The maximum Gasteiger partial charge on any atom is 0.307 e. The van der Waals surface area contributed by atoms with Crippen molar-refractivity contribution in [2.75, 3.05) is 6.61 Å². The molecule has 0 amide bonds. The van der Waals surface area contributed by atoms with Crippen LogP contribution >= 0.6 is 0 Å². The summed E-state index contributed by atoms with van der Waals surface area (Å²) in [6.07, 6.45) is -0.244. The molecule has 0 aliphatic heterocycles. The van der Waals surface area contributed by atoms with E-state index in [-0.39, 0.29) is 18.1 Å². The quantitative estimate of drug-likeness (QED) is 0.632. The topological polar surface area (TPSA) is 83.8 Å². The number of carboxylic acid groups (broad SMARTS) is 2. The van der Waals surface area contributed by atoms with Crippen LogP contribution < -0.4 is 10.4 Å². The van der Waals surface area contributed by atoms with E-state index in [1.54, 1.807) is 0 Å². The Bertz CT molecular complexity index is 744. The summed E-state index contributed by atoms with van der Waals surface area (Å²) in [6, 6.07) is 20.1. The van der Waals surface area contributed by atoms with Crippen LogP contribution in [0.2, 0.25) is 5.04 Å². The highest BCUT2D eigenvalue weighted by Crippen LogP contribution is 2.37. The first-order chi connectivity index (χ1) is 13.2. The summed E-state index contributed by atoms with van der Waals surface area (Å²) in [5.41, 5.74) is 0. The van der Waals surface area contributed by atoms with Gasteiger partial charge in [-0.25, -0.2) is 0 Å². The van der Waals surface area contributed by atoms with Crippen LogP contribution in [-0.4, -0.2) is 37.1 Å². The first-order valence-electron chi connectivity index (χ1n) is 9.38. The molecule has 2 aromatic carbocycles. The van der Waals surface area contributed by atoms with Gasteiger partial charge in [0.1, 0.15) is 0 Å². The number of aliphatic carboxylic acids is 2. The second kappa shape index (κ2) is 9.17. The molecule has 1 atom stereocenters. The van der Waals surface area contributed by atoms with Crippen molar-refractivity contribution in [3.8, 4) is 0 Å². The van der Waals surface area contributed by atoms with Crippen molar-refractivity contribution in [2.24, 2.45) is 5.92 Å². The second-order valence-electron chi connectivity index (χ2n) is 7.93. The lowest BCUT2D eigenvalue weighted by atomic mass is 10.0. The van der Waals surface area contributed by atoms with E-state index in [4.69, 9.17) is 9.53 Å². The number of benzene rings is 2. The van der Waals surface area contributed by atoms with Crippen molar-refractivity contribution in [2.45, 2.75) is 38.7 Å². The highest BCUT2D eigenvalue weighted by Gasteiger charge is 2.50. The van der Waals surface area contributed by atoms with Gasteiger partial charge in [0.25, 0.3) is 8.32 Å². The first kappa shape index (κ1) is 21.9. The van der Waals surface area contributed by atoms with Crippen molar-refractivity contribution in [3.05, 3.63) is 60.7 Å². The monoisotopic (exact) mass is 400 g/mol. The average molecular weight is 401 g/mol. The van der Waals surface area contributed by atoms with Crippen LogP contribution in [0.4, 0.5) is 0 Å². The maximum absolute atomic E-state index is 11.4. The van der Waals surface area contributed by atoms with Crippen molar-refractivity contribution >= 4 is 30.6 Å². The zero-order chi connectivity index (χ0) is 20.8.